The van der Waals surface area contributed by atoms with Crippen LogP contribution in [-0.2, 0) is 11.8 Å². The van der Waals surface area contributed by atoms with Gasteiger partial charge in [-0.3, -0.25) is 4.79 Å². The third kappa shape index (κ3) is 3.17. The fraction of sp³-hybridized carbons (Fsp3) is 0.286. The van der Waals surface area contributed by atoms with Gasteiger partial charge in [0.15, 0.2) is 5.16 Å². The number of likely N-dealkylation sites (N-methyl/N-ethyl adjacent to an activating group) is 1. The molecule has 1 atom stereocenters. The molecule has 100 valence electrons. The summed E-state index contributed by atoms with van der Waals surface area (Å²) in [6.45, 7) is 0. The standard InChI is InChI=1S/C14H17N3OS/c1-16(2)13(18)12(11-7-5-4-6-8-11)19-14-15-9-10-17(14)3/h4-10,12H,1-3H3/t12-/m0/s1. The summed E-state index contributed by atoms with van der Waals surface area (Å²) in [6.07, 6.45) is 3.62. The Hall–Kier alpha value is -1.75. The summed E-state index contributed by atoms with van der Waals surface area (Å²) in [4.78, 5) is 18.2. The minimum absolute atomic E-state index is 0.0687. The Kier molecular flexibility index (Phi) is 4.27. The SMILES string of the molecule is CN(C)C(=O)[C@@H](Sc1nccn1C)c1ccccc1. The molecule has 0 aliphatic rings. The van der Waals surface area contributed by atoms with Gasteiger partial charge in [0.05, 0.1) is 0 Å². The van der Waals surface area contributed by atoms with E-state index in [1.165, 1.54) is 11.8 Å². The van der Waals surface area contributed by atoms with E-state index in [1.807, 2.05) is 48.1 Å². The normalized spacial score (nSPS) is 12.2. The number of rotatable bonds is 4. The molecule has 2 aromatic rings. The van der Waals surface area contributed by atoms with Gasteiger partial charge in [0, 0.05) is 33.5 Å². The van der Waals surface area contributed by atoms with Crippen molar-refractivity contribution in [2.24, 2.45) is 7.05 Å². The van der Waals surface area contributed by atoms with Crippen molar-refractivity contribution in [1.29, 1.82) is 0 Å². The highest BCUT2D eigenvalue weighted by Gasteiger charge is 2.24. The lowest BCUT2D eigenvalue weighted by atomic mass is 10.1. The van der Waals surface area contributed by atoms with Crippen molar-refractivity contribution in [1.82, 2.24) is 14.5 Å². The van der Waals surface area contributed by atoms with E-state index in [-0.39, 0.29) is 11.2 Å². The van der Waals surface area contributed by atoms with E-state index in [1.54, 1.807) is 25.2 Å². The fourth-order valence-corrected chi connectivity index (χ4v) is 2.86. The highest BCUT2D eigenvalue weighted by atomic mass is 32.2. The molecule has 0 unspecified atom stereocenters. The highest BCUT2D eigenvalue weighted by Crippen LogP contribution is 2.35. The Bertz CT molecular complexity index is 551. The van der Waals surface area contributed by atoms with Crippen molar-refractivity contribution in [2.45, 2.75) is 10.4 Å². The molecule has 0 spiro atoms. The number of carbonyl (C=O) groups is 1. The van der Waals surface area contributed by atoms with E-state index in [9.17, 15) is 4.79 Å². The van der Waals surface area contributed by atoms with Crippen LogP contribution in [0.25, 0.3) is 0 Å². The number of hydrogen-bond acceptors (Lipinski definition) is 3. The number of amides is 1. The zero-order valence-corrected chi connectivity index (χ0v) is 12.1. The lowest BCUT2D eigenvalue weighted by Gasteiger charge is -2.20. The lowest BCUT2D eigenvalue weighted by Crippen LogP contribution is -2.26. The molecule has 0 aliphatic carbocycles. The van der Waals surface area contributed by atoms with Crippen molar-refractivity contribution in [3.05, 3.63) is 48.3 Å². The van der Waals surface area contributed by atoms with E-state index < -0.39 is 0 Å². The van der Waals surface area contributed by atoms with Gasteiger partial charge in [-0.05, 0) is 5.56 Å². The molecule has 1 amide bonds. The van der Waals surface area contributed by atoms with Crippen LogP contribution in [0.3, 0.4) is 0 Å². The van der Waals surface area contributed by atoms with Crippen LogP contribution in [0.15, 0.2) is 47.9 Å². The second kappa shape index (κ2) is 5.93. The quantitative estimate of drug-likeness (QED) is 0.804. The van der Waals surface area contributed by atoms with Crippen LogP contribution in [-0.4, -0.2) is 34.5 Å². The first kappa shape index (κ1) is 13.7. The molecular weight excluding hydrogens is 258 g/mol. The molecule has 0 aliphatic heterocycles. The molecule has 0 saturated carbocycles. The first-order chi connectivity index (χ1) is 9.09. The fourth-order valence-electron chi connectivity index (χ4n) is 1.69. The first-order valence-electron chi connectivity index (χ1n) is 5.99. The Morgan fingerprint density at radius 3 is 2.53 bits per heavy atom. The zero-order chi connectivity index (χ0) is 13.8. The summed E-state index contributed by atoms with van der Waals surface area (Å²) in [6, 6.07) is 9.80. The molecule has 0 N–H and O–H groups in total. The van der Waals surface area contributed by atoms with Crippen LogP contribution in [0.5, 0.6) is 0 Å². The molecule has 19 heavy (non-hydrogen) atoms. The van der Waals surface area contributed by atoms with E-state index in [0.29, 0.717) is 0 Å². The van der Waals surface area contributed by atoms with Crippen LogP contribution >= 0.6 is 11.8 Å². The van der Waals surface area contributed by atoms with E-state index in [2.05, 4.69) is 4.98 Å². The molecule has 0 fully saturated rings. The minimum atomic E-state index is -0.266. The minimum Gasteiger partial charge on any atom is -0.348 e. The van der Waals surface area contributed by atoms with Crippen molar-refractivity contribution in [3.8, 4) is 0 Å². The average Bonchev–Trinajstić information content (AvgIpc) is 2.81. The molecule has 0 saturated heterocycles. The number of benzene rings is 1. The van der Waals surface area contributed by atoms with Gasteiger partial charge in [0.2, 0.25) is 5.91 Å². The number of imidazole rings is 1. The van der Waals surface area contributed by atoms with Crippen LogP contribution in [0.4, 0.5) is 0 Å². The number of hydrogen-bond donors (Lipinski definition) is 0. The van der Waals surface area contributed by atoms with Crippen molar-refractivity contribution >= 4 is 17.7 Å². The molecule has 0 radical (unpaired) electrons. The Labute approximate surface area is 117 Å². The smallest absolute Gasteiger partial charge is 0.240 e. The second-order valence-electron chi connectivity index (χ2n) is 4.46. The van der Waals surface area contributed by atoms with Crippen LogP contribution < -0.4 is 0 Å². The molecule has 0 bridgehead atoms. The highest BCUT2D eigenvalue weighted by molar-refractivity contribution is 8.00. The van der Waals surface area contributed by atoms with E-state index in [4.69, 9.17) is 0 Å². The number of aromatic nitrogens is 2. The zero-order valence-electron chi connectivity index (χ0n) is 11.3. The van der Waals surface area contributed by atoms with Crippen LogP contribution in [0.1, 0.15) is 10.8 Å². The topological polar surface area (TPSA) is 38.1 Å². The summed E-state index contributed by atoms with van der Waals surface area (Å²) in [5.41, 5.74) is 0.995. The monoisotopic (exact) mass is 275 g/mol. The molecule has 2 rings (SSSR count). The van der Waals surface area contributed by atoms with E-state index in [0.717, 1.165) is 10.7 Å². The summed E-state index contributed by atoms with van der Waals surface area (Å²) >= 11 is 1.47. The summed E-state index contributed by atoms with van der Waals surface area (Å²) in [5, 5.41) is 0.571. The number of nitrogens with zero attached hydrogens (tertiary/aromatic N) is 3. The van der Waals surface area contributed by atoms with Gasteiger partial charge in [-0.15, -0.1) is 0 Å². The molecule has 1 aromatic heterocycles. The van der Waals surface area contributed by atoms with Crippen LogP contribution in [0.2, 0.25) is 0 Å². The van der Waals surface area contributed by atoms with Crippen LogP contribution in [0, 0.1) is 0 Å². The maximum absolute atomic E-state index is 12.3. The van der Waals surface area contributed by atoms with Gasteiger partial charge in [-0.25, -0.2) is 4.98 Å². The molecule has 5 heteroatoms. The number of thioether (sulfide) groups is 1. The Morgan fingerprint density at radius 1 is 1.32 bits per heavy atom. The van der Waals surface area contributed by atoms with E-state index >= 15 is 0 Å². The second-order valence-corrected chi connectivity index (χ2v) is 5.53. The van der Waals surface area contributed by atoms with Gasteiger partial charge in [-0.1, -0.05) is 42.1 Å². The maximum Gasteiger partial charge on any atom is 0.240 e. The average molecular weight is 275 g/mol. The first-order valence-corrected chi connectivity index (χ1v) is 6.87. The Balaban J connectivity index is 2.30. The third-order valence-electron chi connectivity index (χ3n) is 2.77. The van der Waals surface area contributed by atoms with Gasteiger partial charge in [-0.2, -0.15) is 0 Å². The van der Waals surface area contributed by atoms with Gasteiger partial charge >= 0.3 is 0 Å². The molecular formula is C14H17N3OS. The molecule has 4 nitrogen and oxygen atoms in total. The van der Waals surface area contributed by atoms with Crippen molar-refractivity contribution < 1.29 is 4.79 Å². The lowest BCUT2D eigenvalue weighted by molar-refractivity contribution is -0.128. The van der Waals surface area contributed by atoms with Crippen molar-refractivity contribution in [3.63, 3.8) is 0 Å². The van der Waals surface area contributed by atoms with Gasteiger partial charge in [0.25, 0.3) is 0 Å². The number of aryl methyl sites for hydroxylation is 1. The number of carbonyl (C=O) groups excluding carboxylic acids is 1. The molecule has 1 aromatic carbocycles. The predicted molar refractivity (Wildman–Crippen MR) is 76.9 cm³/mol. The summed E-state index contributed by atoms with van der Waals surface area (Å²) in [7, 11) is 5.48. The molecule has 1 heterocycles. The van der Waals surface area contributed by atoms with Crippen molar-refractivity contribution in [2.75, 3.05) is 14.1 Å². The van der Waals surface area contributed by atoms with Gasteiger partial charge < -0.3 is 9.47 Å². The maximum atomic E-state index is 12.3. The summed E-state index contributed by atoms with van der Waals surface area (Å²) < 4.78 is 1.92. The third-order valence-corrected chi connectivity index (χ3v) is 4.08. The largest absolute Gasteiger partial charge is 0.348 e. The van der Waals surface area contributed by atoms with Gasteiger partial charge in [0.1, 0.15) is 5.25 Å². The predicted octanol–water partition coefficient (Wildman–Crippen LogP) is 2.34. The Morgan fingerprint density at radius 2 is 2.00 bits per heavy atom. The summed E-state index contributed by atoms with van der Waals surface area (Å²) in [5.74, 6) is 0.0687.